The first kappa shape index (κ1) is 19.1. The van der Waals surface area contributed by atoms with Crippen molar-refractivity contribution in [2.24, 2.45) is 0 Å². The molecule has 1 heterocycles. The van der Waals surface area contributed by atoms with Gasteiger partial charge in [-0.05, 0) is 66.8 Å². The maximum atomic E-state index is 12.7. The number of fused-ring (bicyclic) bond motifs is 1. The molecule has 0 atom stereocenters. The lowest BCUT2D eigenvalue weighted by Crippen LogP contribution is -2.17. The second-order valence-corrected chi connectivity index (χ2v) is 7.78. The summed E-state index contributed by atoms with van der Waals surface area (Å²) in [6.45, 7) is 0. The molecule has 0 spiro atoms. The summed E-state index contributed by atoms with van der Waals surface area (Å²) in [5.41, 5.74) is 4.67. The van der Waals surface area contributed by atoms with E-state index in [-0.39, 0.29) is 11.5 Å². The second-order valence-electron chi connectivity index (χ2n) is 7.78. The molecule has 0 bridgehead atoms. The zero-order valence-electron chi connectivity index (χ0n) is 17.2. The van der Waals surface area contributed by atoms with Gasteiger partial charge in [-0.2, -0.15) is 0 Å². The summed E-state index contributed by atoms with van der Waals surface area (Å²) in [4.78, 5) is 25.1. The third kappa shape index (κ3) is 3.59. The lowest BCUT2D eigenvalue weighted by Gasteiger charge is -2.16. The molecular weight excluding hydrogens is 388 g/mol. The van der Waals surface area contributed by atoms with Crippen LogP contribution in [-0.2, 0) is 4.74 Å². The van der Waals surface area contributed by atoms with Gasteiger partial charge in [-0.25, -0.2) is 4.79 Å². The van der Waals surface area contributed by atoms with E-state index in [9.17, 15) is 9.59 Å². The van der Waals surface area contributed by atoms with Crippen molar-refractivity contribution in [2.45, 2.75) is 18.8 Å². The highest BCUT2D eigenvalue weighted by molar-refractivity contribution is 6.00. The summed E-state index contributed by atoms with van der Waals surface area (Å²) in [6.07, 6.45) is 2.32. The quantitative estimate of drug-likeness (QED) is 0.448. The van der Waals surface area contributed by atoms with Gasteiger partial charge in [-0.15, -0.1) is 0 Å². The Morgan fingerprint density at radius 3 is 2.48 bits per heavy atom. The minimum Gasteiger partial charge on any atom is -0.465 e. The molecular formula is C26H22N2O3. The minimum absolute atomic E-state index is 0.0973. The van der Waals surface area contributed by atoms with Crippen LogP contribution in [0.15, 0.2) is 83.7 Å². The molecule has 0 radical (unpaired) electrons. The Balaban J connectivity index is 1.62. The van der Waals surface area contributed by atoms with Gasteiger partial charge in [-0.3, -0.25) is 9.36 Å². The number of nitrogens with one attached hydrogen (secondary N) is 1. The fraction of sp³-hybridized carbons (Fsp3) is 0.154. The fourth-order valence-corrected chi connectivity index (χ4v) is 3.99. The Hall–Kier alpha value is -3.86. The van der Waals surface area contributed by atoms with Gasteiger partial charge < -0.3 is 10.1 Å². The number of benzene rings is 3. The maximum Gasteiger partial charge on any atom is 0.339 e. The normalized spacial score (nSPS) is 13.2. The number of ether oxygens (including phenoxy) is 1. The van der Waals surface area contributed by atoms with Crippen LogP contribution < -0.4 is 10.9 Å². The van der Waals surface area contributed by atoms with Gasteiger partial charge in [0, 0.05) is 22.8 Å². The first-order valence-electron chi connectivity index (χ1n) is 10.4. The monoisotopic (exact) mass is 410 g/mol. The molecule has 5 heteroatoms. The van der Waals surface area contributed by atoms with Crippen LogP contribution in [0, 0.1) is 0 Å². The molecule has 1 aromatic heterocycles. The van der Waals surface area contributed by atoms with E-state index in [0.717, 1.165) is 35.1 Å². The van der Waals surface area contributed by atoms with Gasteiger partial charge in [0.1, 0.15) is 0 Å². The summed E-state index contributed by atoms with van der Waals surface area (Å²) in [6, 6.07) is 24.6. The van der Waals surface area contributed by atoms with E-state index >= 15 is 0 Å². The van der Waals surface area contributed by atoms with Gasteiger partial charge >= 0.3 is 5.97 Å². The number of anilines is 2. The van der Waals surface area contributed by atoms with Crippen molar-refractivity contribution in [2.75, 3.05) is 12.4 Å². The van der Waals surface area contributed by atoms with E-state index in [2.05, 4.69) is 11.4 Å². The average Bonchev–Trinajstić information content (AvgIpc) is 3.65. The molecule has 1 N–H and O–H groups in total. The molecule has 1 fully saturated rings. The van der Waals surface area contributed by atoms with Gasteiger partial charge in [0.15, 0.2) is 0 Å². The standard InChI is InChI=1S/C26H22N2O3/c1-31-26(30)21-16-18(17-10-11-17)12-14-23(21)27-22-8-5-9-24-20(22)13-15-25(29)28(24)19-6-3-2-4-7-19/h2-9,12-17,27H,10-11H2,1H3. The van der Waals surface area contributed by atoms with Crippen molar-refractivity contribution in [1.29, 1.82) is 0 Å². The summed E-state index contributed by atoms with van der Waals surface area (Å²) in [5.74, 6) is 0.168. The first-order chi connectivity index (χ1) is 15.2. The van der Waals surface area contributed by atoms with E-state index in [1.54, 1.807) is 10.6 Å². The van der Waals surface area contributed by atoms with Gasteiger partial charge in [0.2, 0.25) is 0 Å². The lowest BCUT2D eigenvalue weighted by atomic mass is 10.0. The molecule has 1 aliphatic rings. The number of aromatic nitrogens is 1. The van der Waals surface area contributed by atoms with E-state index in [0.29, 0.717) is 17.2 Å². The van der Waals surface area contributed by atoms with Crippen LogP contribution in [-0.4, -0.2) is 17.6 Å². The third-order valence-corrected chi connectivity index (χ3v) is 5.72. The van der Waals surface area contributed by atoms with E-state index in [1.165, 1.54) is 12.7 Å². The van der Waals surface area contributed by atoms with Crippen molar-refractivity contribution in [1.82, 2.24) is 4.57 Å². The molecule has 0 unspecified atom stereocenters. The van der Waals surface area contributed by atoms with Crippen molar-refractivity contribution in [3.63, 3.8) is 0 Å². The number of methoxy groups -OCH3 is 1. The van der Waals surface area contributed by atoms with Crippen molar-refractivity contribution in [3.8, 4) is 5.69 Å². The number of nitrogens with zero attached hydrogens (tertiary/aromatic N) is 1. The molecule has 3 aromatic carbocycles. The molecule has 4 aromatic rings. The number of hydrogen-bond donors (Lipinski definition) is 1. The number of carbonyl (C=O) groups excluding carboxylic acids is 1. The largest absolute Gasteiger partial charge is 0.465 e. The maximum absolute atomic E-state index is 12.7. The van der Waals surface area contributed by atoms with Crippen molar-refractivity contribution < 1.29 is 9.53 Å². The average molecular weight is 410 g/mol. The smallest absolute Gasteiger partial charge is 0.339 e. The molecule has 0 amide bonds. The van der Waals surface area contributed by atoms with Crippen molar-refractivity contribution in [3.05, 3.63) is 100 Å². The Kier molecular flexibility index (Phi) is 4.79. The van der Waals surface area contributed by atoms with Crippen molar-refractivity contribution >= 4 is 28.2 Å². The van der Waals surface area contributed by atoms with E-state index in [1.807, 2.05) is 66.7 Å². The van der Waals surface area contributed by atoms with Crippen LogP contribution in [0.3, 0.4) is 0 Å². The van der Waals surface area contributed by atoms with Crippen LogP contribution in [0.5, 0.6) is 0 Å². The van der Waals surface area contributed by atoms with E-state index < -0.39 is 0 Å². The second kappa shape index (κ2) is 7.76. The molecule has 5 rings (SSSR count). The van der Waals surface area contributed by atoms with Gasteiger partial charge in [-0.1, -0.05) is 30.3 Å². The lowest BCUT2D eigenvalue weighted by molar-refractivity contribution is 0.0602. The zero-order chi connectivity index (χ0) is 21.4. The molecule has 154 valence electrons. The van der Waals surface area contributed by atoms with Crippen LogP contribution in [0.4, 0.5) is 11.4 Å². The first-order valence-corrected chi connectivity index (χ1v) is 10.4. The number of carbonyl (C=O) groups is 1. The number of rotatable bonds is 5. The Morgan fingerprint density at radius 2 is 1.74 bits per heavy atom. The molecule has 0 aliphatic heterocycles. The fourth-order valence-electron chi connectivity index (χ4n) is 3.99. The van der Waals surface area contributed by atoms with Crippen LogP contribution in [0.25, 0.3) is 16.6 Å². The predicted molar refractivity (Wildman–Crippen MR) is 123 cm³/mol. The molecule has 1 aliphatic carbocycles. The highest BCUT2D eigenvalue weighted by Gasteiger charge is 2.25. The van der Waals surface area contributed by atoms with Gasteiger partial charge in [0.25, 0.3) is 5.56 Å². The Labute approximate surface area is 179 Å². The highest BCUT2D eigenvalue weighted by Crippen LogP contribution is 2.41. The number of hydrogen-bond acceptors (Lipinski definition) is 4. The number of esters is 1. The summed E-state index contributed by atoms with van der Waals surface area (Å²) >= 11 is 0. The Morgan fingerprint density at radius 1 is 0.935 bits per heavy atom. The molecule has 31 heavy (non-hydrogen) atoms. The topological polar surface area (TPSA) is 60.3 Å². The molecule has 5 nitrogen and oxygen atoms in total. The highest BCUT2D eigenvalue weighted by atomic mass is 16.5. The van der Waals surface area contributed by atoms with E-state index in [4.69, 9.17) is 4.74 Å². The predicted octanol–water partition coefficient (Wildman–Crippen LogP) is 5.40. The minimum atomic E-state index is -0.369. The van der Waals surface area contributed by atoms with Gasteiger partial charge in [0.05, 0.1) is 23.9 Å². The number of pyridine rings is 1. The summed E-state index contributed by atoms with van der Waals surface area (Å²) in [5, 5.41) is 4.28. The summed E-state index contributed by atoms with van der Waals surface area (Å²) < 4.78 is 6.72. The SMILES string of the molecule is COC(=O)c1cc(C2CC2)ccc1Nc1cccc2c1ccc(=O)n2-c1ccccc1. The summed E-state index contributed by atoms with van der Waals surface area (Å²) in [7, 11) is 1.40. The Bertz CT molecular complexity index is 1340. The molecule has 0 saturated heterocycles. The number of para-hydroxylation sites is 1. The van der Waals surface area contributed by atoms with Crippen LogP contribution in [0.1, 0.15) is 34.7 Å². The zero-order valence-corrected chi connectivity index (χ0v) is 17.2. The molecule has 1 saturated carbocycles. The third-order valence-electron chi connectivity index (χ3n) is 5.72. The van der Waals surface area contributed by atoms with Crippen LogP contribution in [0.2, 0.25) is 0 Å². The van der Waals surface area contributed by atoms with Crippen LogP contribution >= 0.6 is 0 Å².